The lowest BCUT2D eigenvalue weighted by molar-refractivity contribution is 0.101. The van der Waals surface area contributed by atoms with Crippen molar-refractivity contribution in [1.82, 2.24) is 24.7 Å². The number of ketones is 1. The molecule has 166 valence electrons. The highest BCUT2D eigenvalue weighted by molar-refractivity contribution is 6.11. The van der Waals surface area contributed by atoms with Crippen LogP contribution >= 0.6 is 0 Å². The van der Waals surface area contributed by atoms with Gasteiger partial charge in [-0.1, -0.05) is 24.3 Å². The molecule has 5 rings (SSSR count). The number of hydrogen-bond acceptors (Lipinski definition) is 5. The summed E-state index contributed by atoms with van der Waals surface area (Å²) in [6, 6.07) is 18.0. The summed E-state index contributed by atoms with van der Waals surface area (Å²) in [5.41, 5.74) is 3.85. The molecule has 8 nitrogen and oxygen atoms in total. The summed E-state index contributed by atoms with van der Waals surface area (Å²) in [7, 11) is 1.74. The molecule has 0 aliphatic carbocycles. The number of imidazole rings is 1. The number of amides is 1. The third kappa shape index (κ3) is 4.24. The van der Waals surface area contributed by atoms with Gasteiger partial charge in [-0.15, -0.1) is 0 Å². The molecule has 0 atom stereocenters. The van der Waals surface area contributed by atoms with E-state index in [4.69, 9.17) is 0 Å². The van der Waals surface area contributed by atoms with E-state index in [-0.39, 0.29) is 17.5 Å². The lowest BCUT2D eigenvalue weighted by Gasteiger charge is -2.07. The number of carbonyl (C=O) groups is 2. The highest BCUT2D eigenvalue weighted by Crippen LogP contribution is 2.22. The predicted molar refractivity (Wildman–Crippen MR) is 130 cm³/mol. The first kappa shape index (κ1) is 21.0. The smallest absolute Gasteiger partial charge is 0.291 e. The quantitative estimate of drug-likeness (QED) is 0.376. The molecule has 0 aliphatic heterocycles. The van der Waals surface area contributed by atoms with Crippen LogP contribution in [0.3, 0.4) is 0 Å². The molecule has 2 aromatic carbocycles. The molecule has 0 saturated carbocycles. The predicted octanol–water partition coefficient (Wildman–Crippen LogP) is 4.35. The number of hydrogen-bond donors (Lipinski definition) is 2. The second-order valence-electron chi connectivity index (χ2n) is 7.68. The lowest BCUT2D eigenvalue weighted by atomic mass is 10.0. The van der Waals surface area contributed by atoms with Gasteiger partial charge in [0.2, 0.25) is 0 Å². The Bertz CT molecular complexity index is 1530. The molecule has 0 fully saturated rings. The lowest BCUT2D eigenvalue weighted by Crippen LogP contribution is -2.17. The molecule has 3 heterocycles. The third-order valence-corrected chi connectivity index (χ3v) is 5.36. The van der Waals surface area contributed by atoms with E-state index in [1.165, 1.54) is 0 Å². The molecule has 0 radical (unpaired) electrons. The Kier molecular flexibility index (Phi) is 5.53. The van der Waals surface area contributed by atoms with Crippen LogP contribution in [0, 0.1) is 0 Å². The second kappa shape index (κ2) is 8.95. The fraction of sp³-hybridized carbons (Fsp3) is 0.0385. The molecule has 0 spiro atoms. The van der Waals surface area contributed by atoms with Crippen molar-refractivity contribution in [3.05, 3.63) is 108 Å². The number of pyridine rings is 1. The Labute approximate surface area is 195 Å². The first-order valence-electron chi connectivity index (χ1n) is 10.6. The molecular formula is C26H20N6O2. The van der Waals surface area contributed by atoms with Gasteiger partial charge in [-0.2, -0.15) is 5.10 Å². The summed E-state index contributed by atoms with van der Waals surface area (Å²) < 4.78 is 1.63. The molecular weight excluding hydrogens is 428 g/mol. The van der Waals surface area contributed by atoms with E-state index in [0.717, 1.165) is 22.3 Å². The second-order valence-corrected chi connectivity index (χ2v) is 7.68. The number of aromatic nitrogens is 5. The number of benzene rings is 2. The van der Waals surface area contributed by atoms with E-state index in [0.29, 0.717) is 16.8 Å². The minimum Gasteiger partial charge on any atom is -0.330 e. The number of carbonyl (C=O) groups excluding carboxylic acids is 2. The Morgan fingerprint density at radius 1 is 0.941 bits per heavy atom. The molecule has 0 aliphatic rings. The number of nitrogens with one attached hydrogen (secondary N) is 2. The summed E-state index contributed by atoms with van der Waals surface area (Å²) in [6.07, 6.45) is 8.76. The van der Waals surface area contributed by atoms with Crippen LogP contribution in [0.1, 0.15) is 37.9 Å². The summed E-state index contributed by atoms with van der Waals surface area (Å²) in [4.78, 5) is 33.9. The van der Waals surface area contributed by atoms with E-state index in [1.807, 2.05) is 36.4 Å². The number of anilines is 1. The van der Waals surface area contributed by atoms with Crippen molar-refractivity contribution < 1.29 is 9.59 Å². The fourth-order valence-corrected chi connectivity index (χ4v) is 3.62. The zero-order valence-corrected chi connectivity index (χ0v) is 18.3. The normalized spacial score (nSPS) is 11.2. The highest BCUT2D eigenvalue weighted by atomic mass is 16.2. The number of aromatic amines is 1. The van der Waals surface area contributed by atoms with Gasteiger partial charge in [0, 0.05) is 47.8 Å². The molecule has 0 bridgehead atoms. The summed E-state index contributed by atoms with van der Waals surface area (Å²) in [5.74, 6) is -0.216. The van der Waals surface area contributed by atoms with Crippen LogP contribution in [-0.2, 0) is 7.05 Å². The molecule has 0 saturated heterocycles. The van der Waals surface area contributed by atoms with E-state index in [9.17, 15) is 9.59 Å². The maximum absolute atomic E-state index is 13.1. The Hall–Kier alpha value is -4.85. The van der Waals surface area contributed by atoms with Gasteiger partial charge in [0.15, 0.2) is 11.6 Å². The van der Waals surface area contributed by atoms with E-state index < -0.39 is 0 Å². The van der Waals surface area contributed by atoms with Crippen molar-refractivity contribution in [1.29, 1.82) is 0 Å². The van der Waals surface area contributed by atoms with Gasteiger partial charge in [0.25, 0.3) is 5.91 Å². The van der Waals surface area contributed by atoms with Gasteiger partial charge in [-0.3, -0.25) is 19.7 Å². The minimum absolute atomic E-state index is 0.157. The number of rotatable bonds is 6. The van der Waals surface area contributed by atoms with Crippen LogP contribution in [0.4, 0.5) is 5.69 Å². The van der Waals surface area contributed by atoms with Crippen LogP contribution < -0.4 is 5.32 Å². The van der Waals surface area contributed by atoms with Crippen LogP contribution in [0.2, 0.25) is 0 Å². The summed E-state index contributed by atoms with van der Waals surface area (Å²) in [6.45, 7) is 0. The Balaban J connectivity index is 1.36. The monoisotopic (exact) mass is 448 g/mol. The van der Waals surface area contributed by atoms with Gasteiger partial charge >= 0.3 is 0 Å². The molecule has 8 heteroatoms. The molecule has 3 aromatic heterocycles. The number of H-pyrrole nitrogens is 1. The fourth-order valence-electron chi connectivity index (χ4n) is 3.62. The summed E-state index contributed by atoms with van der Waals surface area (Å²) in [5, 5.41) is 11.0. The summed E-state index contributed by atoms with van der Waals surface area (Å²) >= 11 is 0. The molecule has 34 heavy (non-hydrogen) atoms. The zero-order chi connectivity index (χ0) is 23.5. The van der Waals surface area contributed by atoms with Crippen molar-refractivity contribution in [2.75, 3.05) is 5.32 Å². The van der Waals surface area contributed by atoms with Gasteiger partial charge in [0.1, 0.15) is 0 Å². The van der Waals surface area contributed by atoms with E-state index in [1.54, 1.807) is 66.6 Å². The van der Waals surface area contributed by atoms with Crippen LogP contribution in [0.15, 0.2) is 79.3 Å². The Morgan fingerprint density at radius 2 is 1.82 bits per heavy atom. The molecule has 5 aromatic rings. The van der Waals surface area contributed by atoms with Crippen molar-refractivity contribution in [3.8, 4) is 0 Å². The van der Waals surface area contributed by atoms with Gasteiger partial charge in [0.05, 0.1) is 16.9 Å². The van der Waals surface area contributed by atoms with Crippen molar-refractivity contribution in [3.63, 3.8) is 0 Å². The number of nitrogens with zero attached hydrogens (tertiary/aromatic N) is 4. The first-order valence-corrected chi connectivity index (χ1v) is 10.6. The average Bonchev–Trinajstić information content (AvgIpc) is 3.48. The standard InChI is InChI=1S/C26H20N6O2/c1-32-14-13-28-25(32)26(34)29-20-7-4-5-17(15-20)24(33)18-8-10-21-22(30-31-23(21)16-18)11-9-19-6-2-3-12-27-19/h2-16H,1H3,(H,29,34)(H,30,31)/b11-9+. The molecule has 1 amide bonds. The molecule has 0 unspecified atom stereocenters. The minimum atomic E-state index is -0.345. The van der Waals surface area contributed by atoms with Crippen LogP contribution in [0.5, 0.6) is 0 Å². The number of fused-ring (bicyclic) bond motifs is 1. The Morgan fingerprint density at radius 3 is 2.62 bits per heavy atom. The van der Waals surface area contributed by atoms with Crippen LogP contribution in [-0.4, -0.2) is 36.4 Å². The maximum Gasteiger partial charge on any atom is 0.291 e. The van der Waals surface area contributed by atoms with Gasteiger partial charge < -0.3 is 9.88 Å². The average molecular weight is 448 g/mol. The van der Waals surface area contributed by atoms with Crippen molar-refractivity contribution in [2.45, 2.75) is 0 Å². The topological polar surface area (TPSA) is 106 Å². The van der Waals surface area contributed by atoms with E-state index in [2.05, 4.69) is 25.5 Å². The third-order valence-electron chi connectivity index (χ3n) is 5.36. The zero-order valence-electron chi connectivity index (χ0n) is 18.3. The van der Waals surface area contributed by atoms with Gasteiger partial charge in [-0.05, 0) is 48.6 Å². The maximum atomic E-state index is 13.1. The molecule has 2 N–H and O–H groups in total. The van der Waals surface area contributed by atoms with Crippen LogP contribution in [0.25, 0.3) is 23.1 Å². The van der Waals surface area contributed by atoms with Crippen molar-refractivity contribution >= 4 is 40.4 Å². The van der Waals surface area contributed by atoms with Crippen molar-refractivity contribution in [2.24, 2.45) is 7.05 Å². The highest BCUT2D eigenvalue weighted by Gasteiger charge is 2.15. The van der Waals surface area contributed by atoms with E-state index >= 15 is 0 Å². The number of aryl methyl sites for hydroxylation is 1. The SMILES string of the molecule is Cn1ccnc1C(=O)Nc1cccc(C(=O)c2ccc3c(/C=C/c4ccccn4)n[nH]c3c2)c1. The van der Waals surface area contributed by atoms with Gasteiger partial charge in [-0.25, -0.2) is 4.98 Å². The first-order chi connectivity index (χ1) is 16.6. The largest absolute Gasteiger partial charge is 0.330 e.